The number of hydrogen-bond acceptors (Lipinski definition) is 4. The molecule has 0 radical (unpaired) electrons. The van der Waals surface area contributed by atoms with E-state index in [4.69, 9.17) is 0 Å². The summed E-state index contributed by atoms with van der Waals surface area (Å²) in [4.78, 5) is 27.5. The lowest BCUT2D eigenvalue weighted by atomic mass is 9.97. The molecule has 1 fully saturated rings. The van der Waals surface area contributed by atoms with Crippen molar-refractivity contribution in [2.75, 3.05) is 19.6 Å². The minimum atomic E-state index is -0.110. The number of nitrogens with one attached hydrogen (secondary N) is 1. The highest BCUT2D eigenvalue weighted by Gasteiger charge is 2.29. The average molecular weight is 375 g/mol. The maximum atomic E-state index is 12.5. The molecule has 1 N–H and O–H groups in total. The van der Waals surface area contributed by atoms with E-state index in [1.807, 2.05) is 40.9 Å². The lowest BCUT2D eigenvalue weighted by molar-refractivity contribution is -0.126. The summed E-state index contributed by atoms with van der Waals surface area (Å²) in [6, 6.07) is 5.78. The van der Waals surface area contributed by atoms with Crippen molar-refractivity contribution in [2.24, 2.45) is 5.92 Å². The van der Waals surface area contributed by atoms with Crippen LogP contribution in [0.2, 0.25) is 0 Å². The van der Waals surface area contributed by atoms with Gasteiger partial charge in [-0.25, -0.2) is 0 Å². The van der Waals surface area contributed by atoms with Crippen molar-refractivity contribution >= 4 is 23.2 Å². The summed E-state index contributed by atoms with van der Waals surface area (Å²) in [6.07, 6.45) is 2.57. The molecular formula is C19H26N4O2S. The van der Waals surface area contributed by atoms with Crippen LogP contribution in [0.4, 0.5) is 0 Å². The molecule has 7 heteroatoms. The lowest BCUT2D eigenvalue weighted by Gasteiger charge is -2.31. The topological polar surface area (TPSA) is 67.2 Å². The molecule has 2 aromatic heterocycles. The largest absolute Gasteiger partial charge is 0.356 e. The molecule has 1 aliphatic rings. The molecule has 6 nitrogen and oxygen atoms in total. The van der Waals surface area contributed by atoms with Gasteiger partial charge in [0.1, 0.15) is 0 Å². The highest BCUT2D eigenvalue weighted by atomic mass is 32.1. The smallest absolute Gasteiger partial charge is 0.263 e. The Bertz CT molecular complexity index is 754. The number of piperidine rings is 1. The van der Waals surface area contributed by atoms with E-state index < -0.39 is 0 Å². The third-order valence-electron chi connectivity index (χ3n) is 4.76. The van der Waals surface area contributed by atoms with Crippen LogP contribution in [0.15, 0.2) is 23.6 Å². The minimum Gasteiger partial charge on any atom is -0.356 e. The van der Waals surface area contributed by atoms with Gasteiger partial charge in [-0.05, 0) is 50.6 Å². The van der Waals surface area contributed by atoms with Crippen molar-refractivity contribution in [1.29, 1.82) is 0 Å². The monoisotopic (exact) mass is 374 g/mol. The molecule has 3 rings (SSSR count). The fourth-order valence-electron chi connectivity index (χ4n) is 3.42. The van der Waals surface area contributed by atoms with Gasteiger partial charge in [0.2, 0.25) is 5.91 Å². The van der Waals surface area contributed by atoms with Crippen LogP contribution in [0.25, 0.3) is 0 Å². The first kappa shape index (κ1) is 18.6. The second kappa shape index (κ2) is 8.49. The lowest BCUT2D eigenvalue weighted by Crippen LogP contribution is -2.45. The Kier molecular flexibility index (Phi) is 6.08. The molecule has 2 aromatic rings. The maximum Gasteiger partial charge on any atom is 0.263 e. The fraction of sp³-hybridized carbons (Fsp3) is 0.526. The van der Waals surface area contributed by atoms with Crippen molar-refractivity contribution in [3.8, 4) is 0 Å². The SMILES string of the molecule is Cc1cc(C)n(CCCNC(=O)[C@H]2CCCN(C(=O)c3cccs3)C2)n1. The zero-order valence-corrected chi connectivity index (χ0v) is 16.2. The maximum absolute atomic E-state index is 12.5. The van der Waals surface area contributed by atoms with Crippen LogP contribution in [-0.2, 0) is 11.3 Å². The first-order chi connectivity index (χ1) is 12.5. The van der Waals surface area contributed by atoms with Crippen LogP contribution >= 0.6 is 11.3 Å². The Hall–Kier alpha value is -2.15. The molecule has 26 heavy (non-hydrogen) atoms. The van der Waals surface area contributed by atoms with Gasteiger partial charge in [0.25, 0.3) is 5.91 Å². The molecule has 2 amide bonds. The molecule has 0 unspecified atom stereocenters. The zero-order chi connectivity index (χ0) is 18.5. The summed E-state index contributed by atoms with van der Waals surface area (Å²) in [5.41, 5.74) is 2.16. The third kappa shape index (κ3) is 4.52. The number of rotatable bonds is 6. The van der Waals surface area contributed by atoms with Gasteiger partial charge in [-0.15, -0.1) is 11.3 Å². The van der Waals surface area contributed by atoms with Crippen LogP contribution in [0.1, 0.15) is 40.3 Å². The van der Waals surface area contributed by atoms with E-state index in [1.165, 1.54) is 11.3 Å². The first-order valence-corrected chi connectivity index (χ1v) is 10.0. The molecule has 1 atom stereocenters. The average Bonchev–Trinajstić information content (AvgIpc) is 3.28. The molecule has 140 valence electrons. The summed E-state index contributed by atoms with van der Waals surface area (Å²) < 4.78 is 1.98. The Morgan fingerprint density at radius 1 is 1.38 bits per heavy atom. The molecule has 0 spiro atoms. The number of carbonyl (C=O) groups is 2. The molecule has 0 aliphatic carbocycles. The molecule has 0 bridgehead atoms. The van der Waals surface area contributed by atoms with Gasteiger partial charge in [0.15, 0.2) is 0 Å². The second-order valence-corrected chi connectivity index (χ2v) is 7.81. The van der Waals surface area contributed by atoms with E-state index in [1.54, 1.807) is 0 Å². The van der Waals surface area contributed by atoms with E-state index in [9.17, 15) is 9.59 Å². The quantitative estimate of drug-likeness (QED) is 0.791. The van der Waals surface area contributed by atoms with Gasteiger partial charge in [-0.3, -0.25) is 14.3 Å². The molecule has 0 aromatic carbocycles. The van der Waals surface area contributed by atoms with Gasteiger partial charge in [-0.2, -0.15) is 5.10 Å². The molecular weight excluding hydrogens is 348 g/mol. The summed E-state index contributed by atoms with van der Waals surface area (Å²) in [6.45, 7) is 6.70. The van der Waals surface area contributed by atoms with Crippen molar-refractivity contribution in [2.45, 2.75) is 39.7 Å². The van der Waals surface area contributed by atoms with Crippen molar-refractivity contribution in [3.05, 3.63) is 39.8 Å². The first-order valence-electron chi connectivity index (χ1n) is 9.16. The molecule has 3 heterocycles. The standard InChI is InChI=1S/C19H26N4O2S/c1-14-12-15(2)23(21-14)10-5-8-20-18(24)16-6-3-9-22(13-16)19(25)17-7-4-11-26-17/h4,7,11-12,16H,3,5-6,8-10,13H2,1-2H3,(H,20,24)/t16-/m0/s1. The van der Waals surface area contributed by atoms with Gasteiger partial charge >= 0.3 is 0 Å². The number of likely N-dealkylation sites (tertiary alicyclic amines) is 1. The molecule has 0 saturated carbocycles. The van der Waals surface area contributed by atoms with E-state index in [2.05, 4.69) is 16.5 Å². The van der Waals surface area contributed by atoms with E-state index in [-0.39, 0.29) is 17.7 Å². The summed E-state index contributed by atoms with van der Waals surface area (Å²) in [5.74, 6) is -0.00887. The highest BCUT2D eigenvalue weighted by Crippen LogP contribution is 2.20. The van der Waals surface area contributed by atoms with Crippen LogP contribution in [0.3, 0.4) is 0 Å². The van der Waals surface area contributed by atoms with E-state index in [0.29, 0.717) is 13.1 Å². The number of aromatic nitrogens is 2. The predicted octanol–water partition coefficient (Wildman–Crippen LogP) is 2.62. The number of thiophene rings is 1. The van der Waals surface area contributed by atoms with Gasteiger partial charge in [0.05, 0.1) is 16.5 Å². The summed E-state index contributed by atoms with van der Waals surface area (Å²) in [7, 11) is 0. The number of aryl methyl sites for hydroxylation is 3. The van der Waals surface area contributed by atoms with Crippen LogP contribution in [0.5, 0.6) is 0 Å². The van der Waals surface area contributed by atoms with Gasteiger partial charge in [0, 0.05) is 31.9 Å². The Morgan fingerprint density at radius 3 is 2.92 bits per heavy atom. The number of nitrogens with zero attached hydrogens (tertiary/aromatic N) is 3. The molecule has 1 saturated heterocycles. The fourth-order valence-corrected chi connectivity index (χ4v) is 4.11. The van der Waals surface area contributed by atoms with Crippen LogP contribution in [0, 0.1) is 19.8 Å². The number of carbonyl (C=O) groups excluding carboxylic acids is 2. The Labute approximate surface area is 158 Å². The number of amides is 2. The predicted molar refractivity (Wildman–Crippen MR) is 102 cm³/mol. The van der Waals surface area contributed by atoms with Gasteiger partial charge < -0.3 is 10.2 Å². The Balaban J connectivity index is 1.44. The summed E-state index contributed by atoms with van der Waals surface area (Å²) in [5, 5.41) is 9.37. The van der Waals surface area contributed by atoms with E-state index in [0.717, 1.165) is 48.6 Å². The Morgan fingerprint density at radius 2 is 2.23 bits per heavy atom. The van der Waals surface area contributed by atoms with Crippen LogP contribution in [-0.4, -0.2) is 46.1 Å². The van der Waals surface area contributed by atoms with Crippen molar-refractivity contribution in [3.63, 3.8) is 0 Å². The van der Waals surface area contributed by atoms with E-state index >= 15 is 0 Å². The van der Waals surface area contributed by atoms with Crippen LogP contribution < -0.4 is 5.32 Å². The van der Waals surface area contributed by atoms with Crippen molar-refractivity contribution < 1.29 is 9.59 Å². The number of hydrogen-bond donors (Lipinski definition) is 1. The van der Waals surface area contributed by atoms with Crippen molar-refractivity contribution in [1.82, 2.24) is 20.0 Å². The second-order valence-electron chi connectivity index (χ2n) is 6.86. The summed E-state index contributed by atoms with van der Waals surface area (Å²) >= 11 is 1.45. The third-order valence-corrected chi connectivity index (χ3v) is 5.62. The normalized spacial score (nSPS) is 17.3. The molecule has 1 aliphatic heterocycles. The minimum absolute atomic E-state index is 0.0435. The zero-order valence-electron chi connectivity index (χ0n) is 15.4. The highest BCUT2D eigenvalue weighted by molar-refractivity contribution is 7.12. The van der Waals surface area contributed by atoms with Gasteiger partial charge in [-0.1, -0.05) is 6.07 Å².